The van der Waals surface area contributed by atoms with E-state index in [-0.39, 0.29) is 30.2 Å². The van der Waals surface area contributed by atoms with Crippen molar-refractivity contribution in [2.45, 2.75) is 26.0 Å². The smallest absolute Gasteiger partial charge is 0.247 e. The molecule has 27 heavy (non-hydrogen) atoms. The second-order valence-corrected chi connectivity index (χ2v) is 6.50. The minimum absolute atomic E-state index is 0.0806. The number of halogens is 1. The molecule has 2 atom stereocenters. The van der Waals surface area contributed by atoms with Gasteiger partial charge in [-0.3, -0.25) is 9.59 Å². The minimum atomic E-state index is -0.575. The van der Waals surface area contributed by atoms with E-state index in [4.69, 9.17) is 9.47 Å². The summed E-state index contributed by atoms with van der Waals surface area (Å²) >= 11 is 0. The molecule has 1 fully saturated rings. The number of ether oxygens (including phenoxy) is 2. The van der Waals surface area contributed by atoms with Gasteiger partial charge in [-0.1, -0.05) is 19.1 Å². The molecule has 1 saturated heterocycles. The van der Waals surface area contributed by atoms with Gasteiger partial charge in [0.15, 0.2) is 0 Å². The Morgan fingerprint density at radius 3 is 2.78 bits per heavy atom. The summed E-state index contributed by atoms with van der Waals surface area (Å²) in [7, 11) is 1.51. The van der Waals surface area contributed by atoms with Crippen LogP contribution in [0, 0.1) is 11.7 Å². The zero-order valence-electron chi connectivity index (χ0n) is 15.1. The van der Waals surface area contributed by atoms with Gasteiger partial charge in [-0.2, -0.15) is 0 Å². The van der Waals surface area contributed by atoms with Crippen LogP contribution in [0.2, 0.25) is 0 Å². The number of benzene rings is 2. The highest BCUT2D eigenvalue weighted by atomic mass is 19.1. The van der Waals surface area contributed by atoms with E-state index in [0.29, 0.717) is 23.6 Å². The maximum absolute atomic E-state index is 13.2. The van der Waals surface area contributed by atoms with Gasteiger partial charge in [0.1, 0.15) is 30.0 Å². The zero-order chi connectivity index (χ0) is 19.4. The van der Waals surface area contributed by atoms with Crippen LogP contribution in [0.1, 0.15) is 18.9 Å². The highest BCUT2D eigenvalue weighted by Crippen LogP contribution is 2.27. The largest absolute Gasteiger partial charge is 0.495 e. The third-order valence-corrected chi connectivity index (χ3v) is 4.40. The van der Waals surface area contributed by atoms with Crippen LogP contribution in [-0.2, 0) is 16.2 Å². The first-order chi connectivity index (χ1) is 13.0. The number of methoxy groups -OCH3 is 1. The highest BCUT2D eigenvalue weighted by Gasteiger charge is 2.34. The third-order valence-electron chi connectivity index (χ3n) is 4.40. The number of hydrogen-bond donors (Lipinski definition) is 2. The molecule has 0 saturated carbocycles. The predicted octanol–water partition coefficient (Wildman–Crippen LogP) is 2.88. The Balaban J connectivity index is 1.71. The van der Waals surface area contributed by atoms with Gasteiger partial charge >= 0.3 is 0 Å². The molecule has 0 aromatic heterocycles. The molecule has 0 radical (unpaired) electrons. The number of carbonyl (C=O) groups excluding carboxylic acids is 2. The van der Waals surface area contributed by atoms with Crippen LogP contribution < -0.4 is 20.1 Å². The van der Waals surface area contributed by atoms with Crippen molar-refractivity contribution in [3.8, 4) is 11.5 Å². The fraction of sp³-hybridized carbons (Fsp3) is 0.300. The van der Waals surface area contributed by atoms with E-state index in [1.807, 2.05) is 6.92 Å². The molecule has 0 spiro atoms. The predicted molar refractivity (Wildman–Crippen MR) is 98.1 cm³/mol. The van der Waals surface area contributed by atoms with Gasteiger partial charge in [0.05, 0.1) is 12.8 Å². The molecule has 3 rings (SSSR count). The second kappa shape index (κ2) is 8.07. The first-order valence-corrected chi connectivity index (χ1v) is 8.62. The Bertz CT molecular complexity index is 856. The highest BCUT2D eigenvalue weighted by molar-refractivity contribution is 6.00. The van der Waals surface area contributed by atoms with Gasteiger partial charge in [0.25, 0.3) is 0 Å². The van der Waals surface area contributed by atoms with E-state index in [1.165, 1.54) is 19.2 Å². The lowest BCUT2D eigenvalue weighted by Crippen LogP contribution is -2.40. The summed E-state index contributed by atoms with van der Waals surface area (Å²) in [5.41, 5.74) is 1.26. The lowest BCUT2D eigenvalue weighted by Gasteiger charge is -2.17. The first-order valence-electron chi connectivity index (χ1n) is 8.62. The maximum atomic E-state index is 13.2. The molecule has 0 bridgehead atoms. The van der Waals surface area contributed by atoms with Gasteiger partial charge in [-0.15, -0.1) is 0 Å². The van der Waals surface area contributed by atoms with Crippen molar-refractivity contribution in [2.24, 2.45) is 5.92 Å². The lowest BCUT2D eigenvalue weighted by atomic mass is 10.0. The fourth-order valence-electron chi connectivity index (χ4n) is 2.99. The van der Waals surface area contributed by atoms with Gasteiger partial charge in [-0.05, 0) is 35.7 Å². The third kappa shape index (κ3) is 4.55. The monoisotopic (exact) mass is 372 g/mol. The molecule has 1 heterocycles. The van der Waals surface area contributed by atoms with Crippen LogP contribution in [0.25, 0.3) is 0 Å². The second-order valence-electron chi connectivity index (χ2n) is 6.50. The molecule has 0 unspecified atom stereocenters. The Morgan fingerprint density at radius 1 is 1.30 bits per heavy atom. The summed E-state index contributed by atoms with van der Waals surface area (Å²) in [5.74, 6) is 0.0290. The molecule has 2 amide bonds. The normalized spacial score (nSPS) is 18.7. The van der Waals surface area contributed by atoms with E-state index >= 15 is 0 Å². The Kier molecular flexibility index (Phi) is 5.59. The summed E-state index contributed by atoms with van der Waals surface area (Å²) < 4.78 is 24.1. The molecule has 1 aliphatic heterocycles. The number of rotatable bonds is 6. The number of hydrogen-bond acceptors (Lipinski definition) is 4. The molecule has 7 heteroatoms. The summed E-state index contributed by atoms with van der Waals surface area (Å²) in [5, 5.41) is 5.48. The van der Waals surface area contributed by atoms with Crippen LogP contribution in [0.4, 0.5) is 10.1 Å². The van der Waals surface area contributed by atoms with Crippen molar-refractivity contribution >= 4 is 17.5 Å². The average molecular weight is 372 g/mol. The Morgan fingerprint density at radius 2 is 2.11 bits per heavy atom. The molecule has 1 aliphatic rings. The number of nitrogens with one attached hydrogen (secondary N) is 2. The van der Waals surface area contributed by atoms with E-state index < -0.39 is 6.04 Å². The Hall–Kier alpha value is -3.09. The SMILES string of the molecule is COc1ccc(COc2cccc(F)c2)cc1NC(=O)[C@H]1NC(=O)C[C@H]1C. The van der Waals surface area contributed by atoms with E-state index in [0.717, 1.165) is 5.56 Å². The number of anilines is 1. The maximum Gasteiger partial charge on any atom is 0.247 e. The van der Waals surface area contributed by atoms with Crippen molar-refractivity contribution in [1.29, 1.82) is 0 Å². The van der Waals surface area contributed by atoms with Crippen molar-refractivity contribution < 1.29 is 23.5 Å². The number of amides is 2. The van der Waals surface area contributed by atoms with Crippen molar-refractivity contribution in [3.63, 3.8) is 0 Å². The molecule has 6 nitrogen and oxygen atoms in total. The Labute approximate surface area is 156 Å². The number of carbonyl (C=O) groups is 2. The summed E-state index contributed by atoms with van der Waals surface area (Å²) in [6.07, 6.45) is 0.330. The van der Waals surface area contributed by atoms with E-state index in [1.54, 1.807) is 30.3 Å². The molecule has 0 aliphatic carbocycles. The molecular formula is C20H21FN2O4. The summed E-state index contributed by atoms with van der Waals surface area (Å²) in [4.78, 5) is 24.0. The summed E-state index contributed by atoms with van der Waals surface area (Å²) in [6, 6.07) is 10.6. The quantitative estimate of drug-likeness (QED) is 0.818. The van der Waals surface area contributed by atoms with Crippen LogP contribution >= 0.6 is 0 Å². The van der Waals surface area contributed by atoms with Crippen LogP contribution in [0.3, 0.4) is 0 Å². The fourth-order valence-corrected chi connectivity index (χ4v) is 2.99. The summed E-state index contributed by atoms with van der Waals surface area (Å²) in [6.45, 7) is 2.05. The minimum Gasteiger partial charge on any atom is -0.495 e. The zero-order valence-corrected chi connectivity index (χ0v) is 15.1. The van der Waals surface area contributed by atoms with Gasteiger partial charge in [0, 0.05) is 12.5 Å². The van der Waals surface area contributed by atoms with Crippen LogP contribution in [-0.4, -0.2) is 25.0 Å². The topological polar surface area (TPSA) is 76.7 Å². The van der Waals surface area contributed by atoms with Crippen molar-refractivity contribution in [1.82, 2.24) is 5.32 Å². The molecule has 2 N–H and O–H groups in total. The molecule has 142 valence electrons. The standard InChI is InChI=1S/C20H21FN2O4/c1-12-8-18(24)23-19(12)20(25)22-16-9-13(6-7-17(16)26-2)11-27-15-5-3-4-14(21)10-15/h3-7,9-10,12,19H,8,11H2,1-2H3,(H,22,25)(H,23,24)/t12-,19+/m1/s1. The average Bonchev–Trinajstić information content (AvgIpc) is 2.98. The molecule has 2 aromatic carbocycles. The van der Waals surface area contributed by atoms with Crippen molar-refractivity contribution in [2.75, 3.05) is 12.4 Å². The van der Waals surface area contributed by atoms with Gasteiger partial charge in [0.2, 0.25) is 11.8 Å². The van der Waals surface area contributed by atoms with Gasteiger partial charge in [-0.25, -0.2) is 4.39 Å². The molecule has 2 aromatic rings. The van der Waals surface area contributed by atoms with Gasteiger partial charge < -0.3 is 20.1 Å². The van der Waals surface area contributed by atoms with E-state index in [9.17, 15) is 14.0 Å². The van der Waals surface area contributed by atoms with E-state index in [2.05, 4.69) is 10.6 Å². The van der Waals surface area contributed by atoms with Crippen LogP contribution in [0.15, 0.2) is 42.5 Å². The first kappa shape index (κ1) is 18.7. The van der Waals surface area contributed by atoms with Crippen molar-refractivity contribution in [3.05, 3.63) is 53.8 Å². The lowest BCUT2D eigenvalue weighted by molar-refractivity contribution is -0.123. The molecular weight excluding hydrogens is 351 g/mol. The van der Waals surface area contributed by atoms with Crippen LogP contribution in [0.5, 0.6) is 11.5 Å².